The Morgan fingerprint density at radius 2 is 2.14 bits per heavy atom. The van der Waals surface area contributed by atoms with Crippen molar-refractivity contribution >= 4 is 5.78 Å². The van der Waals surface area contributed by atoms with Gasteiger partial charge in [-0.1, -0.05) is 0 Å². The van der Waals surface area contributed by atoms with Crippen molar-refractivity contribution in [3.8, 4) is 5.75 Å². The first-order valence-corrected chi connectivity index (χ1v) is 7.37. The smallest absolute Gasteiger partial charge is 0.159 e. The van der Waals surface area contributed by atoms with E-state index in [4.69, 9.17) is 4.74 Å². The van der Waals surface area contributed by atoms with Crippen LogP contribution in [-0.2, 0) is 0 Å². The van der Waals surface area contributed by atoms with Crippen LogP contribution in [0.1, 0.15) is 30.1 Å². The number of β-amino-alcohol motifs (C(OH)–C–C–N with tert-alkyl or cyclic N) is 2. The number of likely N-dealkylation sites (tertiary alicyclic amines) is 1. The summed E-state index contributed by atoms with van der Waals surface area (Å²) in [7, 11) is 0. The molecule has 0 radical (unpaired) electrons. The molecule has 1 aliphatic heterocycles. The van der Waals surface area contributed by atoms with E-state index in [1.165, 1.54) is 6.92 Å². The molecule has 21 heavy (non-hydrogen) atoms. The van der Waals surface area contributed by atoms with Crippen molar-refractivity contribution in [3.05, 3.63) is 29.8 Å². The molecule has 2 unspecified atom stereocenters. The highest BCUT2D eigenvalue weighted by Gasteiger charge is 2.20. The number of nitrogens with zero attached hydrogens (tertiary/aromatic N) is 1. The third kappa shape index (κ3) is 5.12. The summed E-state index contributed by atoms with van der Waals surface area (Å²) < 4.78 is 5.52. The normalized spacial score (nSPS) is 21.0. The Hall–Kier alpha value is -1.43. The van der Waals surface area contributed by atoms with Gasteiger partial charge in [0, 0.05) is 18.7 Å². The molecule has 1 aromatic carbocycles. The minimum atomic E-state index is -0.595. The zero-order chi connectivity index (χ0) is 15.2. The predicted octanol–water partition coefficient (Wildman–Crippen LogP) is 1.09. The summed E-state index contributed by atoms with van der Waals surface area (Å²) in [6.45, 7) is 3.74. The van der Waals surface area contributed by atoms with Gasteiger partial charge in [0.2, 0.25) is 0 Å². The van der Waals surface area contributed by atoms with Crippen LogP contribution in [0.25, 0.3) is 0 Å². The fourth-order valence-corrected chi connectivity index (χ4v) is 2.53. The number of carbonyl (C=O) groups excluding carboxylic acids is 1. The van der Waals surface area contributed by atoms with E-state index in [0.29, 0.717) is 24.4 Å². The zero-order valence-corrected chi connectivity index (χ0v) is 12.4. The number of ether oxygens (including phenoxy) is 1. The van der Waals surface area contributed by atoms with Crippen molar-refractivity contribution in [1.82, 2.24) is 4.90 Å². The highest BCUT2D eigenvalue weighted by Crippen LogP contribution is 2.14. The standard InChI is InChI=1S/C16H23NO4/c1-12(18)13-4-6-16(7-5-13)21-11-15(20)10-17-8-2-3-14(19)9-17/h4-7,14-15,19-20H,2-3,8-11H2,1H3. The van der Waals surface area contributed by atoms with E-state index >= 15 is 0 Å². The number of aliphatic hydroxyl groups is 2. The van der Waals surface area contributed by atoms with Crippen LogP contribution in [0.3, 0.4) is 0 Å². The fourth-order valence-electron chi connectivity index (χ4n) is 2.53. The molecular weight excluding hydrogens is 270 g/mol. The van der Waals surface area contributed by atoms with Gasteiger partial charge in [-0.05, 0) is 50.6 Å². The Morgan fingerprint density at radius 1 is 1.43 bits per heavy atom. The van der Waals surface area contributed by atoms with Gasteiger partial charge in [0.25, 0.3) is 0 Å². The molecular formula is C16H23NO4. The SMILES string of the molecule is CC(=O)c1ccc(OCC(O)CN2CCCC(O)C2)cc1. The minimum absolute atomic E-state index is 0.0187. The van der Waals surface area contributed by atoms with E-state index in [-0.39, 0.29) is 18.5 Å². The van der Waals surface area contributed by atoms with Gasteiger partial charge in [-0.25, -0.2) is 0 Å². The Bertz CT molecular complexity index is 460. The second-order valence-corrected chi connectivity index (χ2v) is 5.60. The lowest BCUT2D eigenvalue weighted by molar-refractivity contribution is 0.0243. The molecule has 0 spiro atoms. The summed E-state index contributed by atoms with van der Waals surface area (Å²) in [6.07, 6.45) is 0.918. The molecule has 0 aliphatic carbocycles. The van der Waals surface area contributed by atoms with Crippen LogP contribution >= 0.6 is 0 Å². The summed E-state index contributed by atoms with van der Waals surface area (Å²) in [6, 6.07) is 6.89. The van der Waals surface area contributed by atoms with Gasteiger partial charge >= 0.3 is 0 Å². The van der Waals surface area contributed by atoms with Gasteiger partial charge in [-0.2, -0.15) is 0 Å². The molecule has 2 N–H and O–H groups in total. The van der Waals surface area contributed by atoms with E-state index in [0.717, 1.165) is 19.4 Å². The zero-order valence-electron chi connectivity index (χ0n) is 12.4. The average molecular weight is 293 g/mol. The van der Waals surface area contributed by atoms with Crippen LogP contribution in [0, 0.1) is 0 Å². The first kappa shape index (κ1) is 15.9. The van der Waals surface area contributed by atoms with Gasteiger partial charge in [0.05, 0.1) is 6.10 Å². The van der Waals surface area contributed by atoms with Gasteiger partial charge in [0.15, 0.2) is 5.78 Å². The monoisotopic (exact) mass is 293 g/mol. The number of Topliss-reactive ketones (excluding diaryl/α,β-unsaturated/α-hetero) is 1. The van der Waals surface area contributed by atoms with Crippen LogP contribution < -0.4 is 4.74 Å². The summed E-state index contributed by atoms with van der Waals surface area (Å²) in [5, 5.41) is 19.6. The molecule has 1 saturated heterocycles. The van der Waals surface area contributed by atoms with E-state index in [9.17, 15) is 15.0 Å². The molecule has 1 heterocycles. The van der Waals surface area contributed by atoms with Crippen LogP contribution in [0.4, 0.5) is 0 Å². The van der Waals surface area contributed by atoms with E-state index in [1.807, 2.05) is 0 Å². The Labute approximate surface area is 125 Å². The fraction of sp³-hybridized carbons (Fsp3) is 0.562. The van der Waals surface area contributed by atoms with Gasteiger partial charge in [-0.3, -0.25) is 9.69 Å². The highest BCUT2D eigenvalue weighted by atomic mass is 16.5. The summed E-state index contributed by atoms with van der Waals surface area (Å²) in [5.74, 6) is 0.656. The second kappa shape index (κ2) is 7.54. The number of carbonyl (C=O) groups is 1. The molecule has 1 aliphatic rings. The number of ketones is 1. The third-order valence-corrected chi connectivity index (χ3v) is 3.65. The summed E-state index contributed by atoms with van der Waals surface area (Å²) >= 11 is 0. The summed E-state index contributed by atoms with van der Waals surface area (Å²) in [4.78, 5) is 13.2. The first-order chi connectivity index (χ1) is 10.0. The molecule has 2 rings (SSSR count). The lowest BCUT2D eigenvalue weighted by Gasteiger charge is -2.31. The highest BCUT2D eigenvalue weighted by molar-refractivity contribution is 5.94. The van der Waals surface area contributed by atoms with Crippen molar-refractivity contribution in [3.63, 3.8) is 0 Å². The molecule has 0 saturated carbocycles. The number of aliphatic hydroxyl groups excluding tert-OH is 2. The summed E-state index contributed by atoms with van der Waals surface area (Å²) in [5.41, 5.74) is 0.644. The van der Waals surface area contributed by atoms with Crippen molar-refractivity contribution < 1.29 is 19.7 Å². The maximum absolute atomic E-state index is 11.2. The van der Waals surface area contributed by atoms with Crippen LogP contribution in [0.5, 0.6) is 5.75 Å². The van der Waals surface area contributed by atoms with Gasteiger partial charge in [0.1, 0.15) is 18.5 Å². The number of piperidine rings is 1. The Morgan fingerprint density at radius 3 is 2.76 bits per heavy atom. The van der Waals surface area contributed by atoms with Crippen LogP contribution in [0.2, 0.25) is 0 Å². The average Bonchev–Trinajstić information content (AvgIpc) is 2.45. The lowest BCUT2D eigenvalue weighted by atomic mass is 10.1. The number of hydrogen-bond acceptors (Lipinski definition) is 5. The molecule has 5 nitrogen and oxygen atoms in total. The predicted molar refractivity (Wildman–Crippen MR) is 79.6 cm³/mol. The molecule has 1 aromatic rings. The molecule has 2 atom stereocenters. The molecule has 1 fully saturated rings. The molecule has 0 bridgehead atoms. The molecule has 5 heteroatoms. The van der Waals surface area contributed by atoms with E-state index in [1.54, 1.807) is 24.3 Å². The Kier molecular flexibility index (Phi) is 5.73. The maximum atomic E-state index is 11.2. The van der Waals surface area contributed by atoms with Crippen LogP contribution in [-0.4, -0.2) is 59.3 Å². The van der Waals surface area contributed by atoms with E-state index in [2.05, 4.69) is 4.90 Å². The van der Waals surface area contributed by atoms with Crippen molar-refractivity contribution in [2.75, 3.05) is 26.2 Å². The number of benzene rings is 1. The quantitative estimate of drug-likeness (QED) is 0.768. The molecule has 0 aromatic heterocycles. The second-order valence-electron chi connectivity index (χ2n) is 5.60. The number of hydrogen-bond donors (Lipinski definition) is 2. The van der Waals surface area contributed by atoms with Crippen LogP contribution in [0.15, 0.2) is 24.3 Å². The van der Waals surface area contributed by atoms with Crippen molar-refractivity contribution in [2.24, 2.45) is 0 Å². The lowest BCUT2D eigenvalue weighted by Crippen LogP contribution is -2.43. The third-order valence-electron chi connectivity index (χ3n) is 3.65. The van der Waals surface area contributed by atoms with Crippen molar-refractivity contribution in [1.29, 1.82) is 0 Å². The maximum Gasteiger partial charge on any atom is 0.159 e. The first-order valence-electron chi connectivity index (χ1n) is 7.37. The number of rotatable bonds is 6. The molecule has 0 amide bonds. The van der Waals surface area contributed by atoms with Gasteiger partial charge < -0.3 is 14.9 Å². The minimum Gasteiger partial charge on any atom is -0.491 e. The van der Waals surface area contributed by atoms with E-state index < -0.39 is 6.10 Å². The van der Waals surface area contributed by atoms with Gasteiger partial charge in [-0.15, -0.1) is 0 Å². The largest absolute Gasteiger partial charge is 0.491 e. The molecule has 116 valence electrons. The topological polar surface area (TPSA) is 70.0 Å². The Balaban J connectivity index is 1.75. The van der Waals surface area contributed by atoms with Crippen molar-refractivity contribution in [2.45, 2.75) is 32.0 Å².